The van der Waals surface area contributed by atoms with Crippen LogP contribution in [0.2, 0.25) is 0 Å². The van der Waals surface area contributed by atoms with Gasteiger partial charge in [0.2, 0.25) is 0 Å². The summed E-state index contributed by atoms with van der Waals surface area (Å²) in [5.74, 6) is 1.35. The average molecular weight is 417 g/mol. The van der Waals surface area contributed by atoms with E-state index < -0.39 is 0 Å². The number of nitrogens with one attached hydrogen (secondary N) is 2. The molecule has 1 aliphatic heterocycles. The van der Waals surface area contributed by atoms with Gasteiger partial charge in [0.25, 0.3) is 0 Å². The first-order chi connectivity index (χ1) is 10.2. The molecular weight excluding hydrogens is 389 g/mol. The maximum atomic E-state index is 6.04. The van der Waals surface area contributed by atoms with Crippen LogP contribution in [-0.2, 0) is 4.74 Å². The van der Waals surface area contributed by atoms with Gasteiger partial charge in [0.1, 0.15) is 0 Å². The van der Waals surface area contributed by atoms with Gasteiger partial charge in [-0.15, -0.1) is 24.0 Å². The number of hydrogen-bond acceptors (Lipinski definition) is 2. The van der Waals surface area contributed by atoms with Crippen LogP contribution < -0.4 is 10.6 Å². The van der Waals surface area contributed by atoms with E-state index in [1.807, 2.05) is 0 Å². The number of halogens is 1. The predicted molar refractivity (Wildman–Crippen MR) is 103 cm³/mol. The highest BCUT2D eigenvalue weighted by molar-refractivity contribution is 14.0. The van der Waals surface area contributed by atoms with E-state index in [0.29, 0.717) is 5.92 Å². The molecule has 1 aromatic rings. The van der Waals surface area contributed by atoms with Crippen LogP contribution in [0.1, 0.15) is 37.0 Å². The highest BCUT2D eigenvalue weighted by Crippen LogP contribution is 2.33. The molecule has 2 N–H and O–H groups in total. The number of guanidine groups is 1. The van der Waals surface area contributed by atoms with Crippen molar-refractivity contribution in [3.05, 3.63) is 35.4 Å². The maximum absolute atomic E-state index is 6.04. The molecule has 1 aromatic carbocycles. The van der Waals surface area contributed by atoms with Crippen LogP contribution in [0, 0.1) is 12.8 Å². The zero-order chi connectivity index (χ0) is 15.1. The summed E-state index contributed by atoms with van der Waals surface area (Å²) < 4.78 is 6.04. The minimum absolute atomic E-state index is 0. The second kappa shape index (κ2) is 10.0. The monoisotopic (exact) mass is 417 g/mol. The zero-order valence-corrected chi connectivity index (χ0v) is 16.1. The van der Waals surface area contributed by atoms with E-state index in [1.54, 1.807) is 7.05 Å². The topological polar surface area (TPSA) is 45.7 Å². The minimum Gasteiger partial charge on any atom is -0.373 e. The van der Waals surface area contributed by atoms with E-state index in [1.165, 1.54) is 17.5 Å². The van der Waals surface area contributed by atoms with Crippen LogP contribution in [0.4, 0.5) is 0 Å². The quantitative estimate of drug-likeness (QED) is 0.449. The van der Waals surface area contributed by atoms with E-state index in [0.717, 1.165) is 32.1 Å². The fourth-order valence-corrected chi connectivity index (χ4v) is 2.79. The third-order valence-corrected chi connectivity index (χ3v) is 3.95. The van der Waals surface area contributed by atoms with Crippen molar-refractivity contribution in [2.75, 3.05) is 26.7 Å². The van der Waals surface area contributed by atoms with E-state index in [-0.39, 0.29) is 30.1 Å². The molecular formula is C17H28IN3O. The fourth-order valence-electron chi connectivity index (χ4n) is 2.79. The Hall–Kier alpha value is -0.820. The van der Waals surface area contributed by atoms with Gasteiger partial charge in [-0.3, -0.25) is 4.99 Å². The molecule has 22 heavy (non-hydrogen) atoms. The van der Waals surface area contributed by atoms with Crippen LogP contribution >= 0.6 is 24.0 Å². The van der Waals surface area contributed by atoms with E-state index in [4.69, 9.17) is 4.74 Å². The standard InChI is InChI=1S/C17H27N3O.HI/c1-4-19-17(18-3)20-12-15-6-5-11-21-16(15)14-9-7-13(2)8-10-14;/h7-10,15-16H,4-6,11-12H2,1-3H3,(H2,18,19,20);1H. The third-order valence-electron chi connectivity index (χ3n) is 3.95. The van der Waals surface area contributed by atoms with Crippen molar-refractivity contribution in [2.24, 2.45) is 10.9 Å². The second-order valence-electron chi connectivity index (χ2n) is 5.59. The van der Waals surface area contributed by atoms with Gasteiger partial charge in [0, 0.05) is 32.7 Å². The summed E-state index contributed by atoms with van der Waals surface area (Å²) in [6.07, 6.45) is 2.51. The second-order valence-corrected chi connectivity index (χ2v) is 5.59. The van der Waals surface area contributed by atoms with Crippen molar-refractivity contribution in [2.45, 2.75) is 32.8 Å². The summed E-state index contributed by atoms with van der Waals surface area (Å²) >= 11 is 0. The Labute approximate surface area is 151 Å². The zero-order valence-electron chi connectivity index (χ0n) is 13.8. The molecule has 5 heteroatoms. The molecule has 0 saturated carbocycles. The Kier molecular flexibility index (Phi) is 8.78. The number of rotatable bonds is 4. The van der Waals surface area contributed by atoms with Crippen molar-refractivity contribution in [3.63, 3.8) is 0 Å². The first kappa shape index (κ1) is 19.2. The summed E-state index contributed by atoms with van der Waals surface area (Å²) in [6.45, 7) is 6.81. The fraction of sp³-hybridized carbons (Fsp3) is 0.588. The summed E-state index contributed by atoms with van der Waals surface area (Å²) in [4.78, 5) is 4.23. The molecule has 0 bridgehead atoms. The molecule has 2 unspecified atom stereocenters. The summed E-state index contributed by atoms with van der Waals surface area (Å²) in [5.41, 5.74) is 2.57. The molecule has 0 aliphatic carbocycles. The van der Waals surface area contributed by atoms with Gasteiger partial charge in [-0.2, -0.15) is 0 Å². The number of hydrogen-bond donors (Lipinski definition) is 2. The van der Waals surface area contributed by atoms with Gasteiger partial charge >= 0.3 is 0 Å². The largest absolute Gasteiger partial charge is 0.373 e. The molecule has 1 heterocycles. The molecule has 0 spiro atoms. The molecule has 1 fully saturated rings. The third kappa shape index (κ3) is 5.43. The summed E-state index contributed by atoms with van der Waals surface area (Å²) in [7, 11) is 1.81. The van der Waals surface area contributed by atoms with Crippen LogP contribution in [-0.4, -0.2) is 32.7 Å². The van der Waals surface area contributed by atoms with Gasteiger partial charge in [-0.25, -0.2) is 0 Å². The van der Waals surface area contributed by atoms with Crippen LogP contribution in [0.15, 0.2) is 29.3 Å². The SMILES string of the molecule is CCNC(=NC)NCC1CCCOC1c1ccc(C)cc1.I. The molecule has 2 atom stereocenters. The Balaban J connectivity index is 0.00000242. The molecule has 0 amide bonds. The van der Waals surface area contributed by atoms with Gasteiger partial charge < -0.3 is 15.4 Å². The maximum Gasteiger partial charge on any atom is 0.190 e. The Morgan fingerprint density at radius 1 is 1.27 bits per heavy atom. The lowest BCUT2D eigenvalue weighted by atomic mass is 9.89. The van der Waals surface area contributed by atoms with E-state index >= 15 is 0 Å². The first-order valence-electron chi connectivity index (χ1n) is 7.87. The minimum atomic E-state index is 0. The lowest BCUT2D eigenvalue weighted by molar-refractivity contribution is -0.0265. The van der Waals surface area contributed by atoms with Crippen LogP contribution in [0.3, 0.4) is 0 Å². The number of ether oxygens (including phenoxy) is 1. The number of aryl methyl sites for hydroxylation is 1. The van der Waals surface area contributed by atoms with E-state index in [2.05, 4.69) is 53.7 Å². The Morgan fingerprint density at radius 2 is 2.00 bits per heavy atom. The van der Waals surface area contributed by atoms with E-state index in [9.17, 15) is 0 Å². The van der Waals surface area contributed by atoms with Gasteiger partial charge in [0.05, 0.1) is 6.10 Å². The molecule has 124 valence electrons. The van der Waals surface area contributed by atoms with Crippen molar-refractivity contribution in [1.82, 2.24) is 10.6 Å². The highest BCUT2D eigenvalue weighted by Gasteiger charge is 2.27. The molecule has 1 saturated heterocycles. The highest BCUT2D eigenvalue weighted by atomic mass is 127. The average Bonchev–Trinajstić information content (AvgIpc) is 2.52. The van der Waals surface area contributed by atoms with Gasteiger partial charge in [-0.05, 0) is 32.3 Å². The number of benzene rings is 1. The van der Waals surface area contributed by atoms with Crippen molar-refractivity contribution >= 4 is 29.9 Å². The smallest absolute Gasteiger partial charge is 0.190 e. The Morgan fingerprint density at radius 3 is 2.64 bits per heavy atom. The van der Waals surface area contributed by atoms with Gasteiger partial charge in [0.15, 0.2) is 5.96 Å². The molecule has 0 aromatic heterocycles. The molecule has 1 aliphatic rings. The summed E-state index contributed by atoms with van der Waals surface area (Å²) in [6, 6.07) is 8.71. The molecule has 2 rings (SSSR count). The summed E-state index contributed by atoms with van der Waals surface area (Å²) in [5, 5.41) is 6.64. The van der Waals surface area contributed by atoms with Crippen LogP contribution in [0.5, 0.6) is 0 Å². The Bertz CT molecular complexity index is 461. The normalized spacial score (nSPS) is 21.9. The van der Waals surface area contributed by atoms with Gasteiger partial charge in [-0.1, -0.05) is 29.8 Å². The van der Waals surface area contributed by atoms with Crippen molar-refractivity contribution in [3.8, 4) is 0 Å². The molecule has 0 radical (unpaired) electrons. The van der Waals surface area contributed by atoms with Crippen molar-refractivity contribution in [1.29, 1.82) is 0 Å². The van der Waals surface area contributed by atoms with Crippen LogP contribution in [0.25, 0.3) is 0 Å². The first-order valence-corrected chi connectivity index (χ1v) is 7.87. The number of aliphatic imine (C=N–C) groups is 1. The van der Waals surface area contributed by atoms with Crippen molar-refractivity contribution < 1.29 is 4.74 Å². The predicted octanol–water partition coefficient (Wildman–Crippen LogP) is 3.27. The lowest BCUT2D eigenvalue weighted by Gasteiger charge is -2.32. The number of nitrogens with zero attached hydrogens (tertiary/aromatic N) is 1. The lowest BCUT2D eigenvalue weighted by Crippen LogP contribution is -2.41. The molecule has 4 nitrogen and oxygen atoms in total.